The van der Waals surface area contributed by atoms with Crippen LogP contribution in [-0.2, 0) is 11.8 Å². The van der Waals surface area contributed by atoms with Gasteiger partial charge >= 0.3 is 0 Å². The van der Waals surface area contributed by atoms with E-state index in [2.05, 4.69) is 15.3 Å². The van der Waals surface area contributed by atoms with Gasteiger partial charge in [-0.05, 0) is 25.0 Å². The lowest BCUT2D eigenvalue weighted by atomic mass is 10.0. The van der Waals surface area contributed by atoms with Crippen LogP contribution in [0.5, 0.6) is 0 Å². The molecule has 1 fully saturated rings. The van der Waals surface area contributed by atoms with E-state index in [0.29, 0.717) is 12.3 Å². The highest BCUT2D eigenvalue weighted by molar-refractivity contribution is 5.93. The number of amides is 1. The number of carbonyl (C=O) groups excluding carboxylic acids is 1. The highest BCUT2D eigenvalue weighted by Crippen LogP contribution is 2.27. The second-order valence-electron chi connectivity index (χ2n) is 6.28. The number of hydrogen-bond donors (Lipinski definition) is 1. The van der Waals surface area contributed by atoms with Gasteiger partial charge in [0.15, 0.2) is 0 Å². The van der Waals surface area contributed by atoms with Gasteiger partial charge in [0.05, 0.1) is 18.2 Å². The fourth-order valence-corrected chi connectivity index (χ4v) is 2.89. The summed E-state index contributed by atoms with van der Waals surface area (Å²) in [7, 11) is 5.83. The highest BCUT2D eigenvalue weighted by Gasteiger charge is 2.27. The number of pyridine rings is 1. The molecule has 3 rings (SSSR count). The number of aromatic nitrogens is 3. The molecule has 0 bridgehead atoms. The van der Waals surface area contributed by atoms with E-state index >= 15 is 0 Å². The number of nitrogens with one attached hydrogen (secondary N) is 1. The summed E-state index contributed by atoms with van der Waals surface area (Å²) in [6.45, 7) is 0.617. The quantitative estimate of drug-likeness (QED) is 0.921. The van der Waals surface area contributed by atoms with Crippen molar-refractivity contribution >= 4 is 11.6 Å². The Kier molecular flexibility index (Phi) is 4.80. The van der Waals surface area contributed by atoms with Crippen molar-refractivity contribution in [2.75, 3.05) is 25.6 Å². The molecule has 1 amide bonds. The third-order valence-electron chi connectivity index (χ3n) is 4.30. The summed E-state index contributed by atoms with van der Waals surface area (Å²) >= 11 is 0. The van der Waals surface area contributed by atoms with Crippen molar-refractivity contribution in [1.29, 1.82) is 0 Å². The minimum Gasteiger partial charge on any atom is -0.378 e. The van der Waals surface area contributed by atoms with Crippen molar-refractivity contribution in [1.82, 2.24) is 19.9 Å². The Labute approximate surface area is 141 Å². The Hall–Kier alpha value is -2.41. The molecule has 7 nitrogen and oxygen atoms in total. The van der Waals surface area contributed by atoms with E-state index in [1.165, 1.54) is 0 Å². The molecule has 3 heterocycles. The number of hydrogen-bond acceptors (Lipinski definition) is 5. The van der Waals surface area contributed by atoms with Crippen molar-refractivity contribution in [3.63, 3.8) is 0 Å². The van der Waals surface area contributed by atoms with Crippen LogP contribution in [0.3, 0.4) is 0 Å². The molecule has 1 saturated heterocycles. The Bertz CT molecular complexity index is 713. The zero-order valence-electron chi connectivity index (χ0n) is 14.3. The summed E-state index contributed by atoms with van der Waals surface area (Å²) < 4.78 is 7.79. The molecule has 7 heteroatoms. The molecule has 0 saturated carbocycles. The summed E-state index contributed by atoms with van der Waals surface area (Å²) in [6.07, 6.45) is 6.73. The third-order valence-corrected chi connectivity index (χ3v) is 4.30. The second-order valence-corrected chi connectivity index (χ2v) is 6.28. The lowest BCUT2D eigenvalue weighted by molar-refractivity contribution is -0.00305. The molecule has 128 valence electrons. The van der Waals surface area contributed by atoms with E-state index in [0.717, 1.165) is 24.2 Å². The standard InChI is InChI=1S/C17H23N5O2/c1-21(2)13-4-6-19-14(9-13)17(23)20-12-5-7-24-16(8-12)15-10-18-11-22(15)3/h4,6,9-12,16H,5,7-8H2,1-3H3,(H,20,23). The lowest BCUT2D eigenvalue weighted by Crippen LogP contribution is -2.40. The first-order valence-corrected chi connectivity index (χ1v) is 8.06. The average Bonchev–Trinajstić information content (AvgIpc) is 3.01. The summed E-state index contributed by atoms with van der Waals surface area (Å²) in [4.78, 5) is 22.8. The Balaban J connectivity index is 1.66. The molecule has 0 aromatic carbocycles. The Morgan fingerprint density at radius 3 is 3.00 bits per heavy atom. The molecule has 0 aliphatic carbocycles. The van der Waals surface area contributed by atoms with E-state index in [1.807, 2.05) is 42.9 Å². The van der Waals surface area contributed by atoms with Gasteiger partial charge in [0.1, 0.15) is 11.8 Å². The molecule has 2 atom stereocenters. The van der Waals surface area contributed by atoms with Crippen LogP contribution in [0.2, 0.25) is 0 Å². The number of imidazole rings is 1. The van der Waals surface area contributed by atoms with Crippen molar-refractivity contribution < 1.29 is 9.53 Å². The predicted molar refractivity (Wildman–Crippen MR) is 91.0 cm³/mol. The first kappa shape index (κ1) is 16.4. The number of rotatable bonds is 4. The van der Waals surface area contributed by atoms with Gasteiger partial charge in [-0.2, -0.15) is 0 Å². The highest BCUT2D eigenvalue weighted by atomic mass is 16.5. The van der Waals surface area contributed by atoms with Gasteiger partial charge in [0.25, 0.3) is 5.91 Å². The first-order chi connectivity index (χ1) is 11.5. The van der Waals surface area contributed by atoms with E-state index in [-0.39, 0.29) is 18.1 Å². The van der Waals surface area contributed by atoms with Gasteiger partial charge in [0.2, 0.25) is 0 Å². The summed E-state index contributed by atoms with van der Waals surface area (Å²) in [5, 5.41) is 3.08. The number of nitrogens with zero attached hydrogens (tertiary/aromatic N) is 4. The zero-order valence-corrected chi connectivity index (χ0v) is 14.3. The molecule has 2 unspecified atom stereocenters. The number of anilines is 1. The van der Waals surface area contributed by atoms with Crippen LogP contribution < -0.4 is 10.2 Å². The SMILES string of the molecule is CN(C)c1ccnc(C(=O)NC2CCOC(c3cncn3C)C2)c1. The molecule has 1 aliphatic heterocycles. The molecule has 24 heavy (non-hydrogen) atoms. The first-order valence-electron chi connectivity index (χ1n) is 8.06. The third kappa shape index (κ3) is 3.56. The van der Waals surface area contributed by atoms with E-state index in [9.17, 15) is 4.79 Å². The van der Waals surface area contributed by atoms with Gasteiger partial charge in [0, 0.05) is 45.7 Å². The smallest absolute Gasteiger partial charge is 0.270 e. The van der Waals surface area contributed by atoms with Crippen LogP contribution in [0.15, 0.2) is 30.9 Å². The molecule has 0 spiro atoms. The predicted octanol–water partition coefficient (Wildman–Crippen LogP) is 1.53. The molecule has 1 aliphatic rings. The van der Waals surface area contributed by atoms with Gasteiger partial charge < -0.3 is 19.5 Å². The monoisotopic (exact) mass is 329 g/mol. The molecular weight excluding hydrogens is 306 g/mol. The van der Waals surface area contributed by atoms with Crippen molar-refractivity contribution in [2.45, 2.75) is 25.0 Å². The minimum absolute atomic E-state index is 0.0439. The maximum absolute atomic E-state index is 12.5. The summed E-state index contributed by atoms with van der Waals surface area (Å²) in [6, 6.07) is 3.74. The summed E-state index contributed by atoms with van der Waals surface area (Å²) in [5.74, 6) is -0.144. The van der Waals surface area contributed by atoms with E-state index in [1.54, 1.807) is 18.6 Å². The maximum Gasteiger partial charge on any atom is 0.270 e. The average molecular weight is 329 g/mol. The molecular formula is C17H23N5O2. The lowest BCUT2D eigenvalue weighted by Gasteiger charge is -2.30. The minimum atomic E-state index is -0.144. The number of carbonyl (C=O) groups is 1. The Morgan fingerprint density at radius 2 is 2.29 bits per heavy atom. The van der Waals surface area contributed by atoms with Gasteiger partial charge in [-0.25, -0.2) is 4.98 Å². The van der Waals surface area contributed by atoms with Gasteiger partial charge in [-0.1, -0.05) is 0 Å². The van der Waals surface area contributed by atoms with Crippen LogP contribution in [-0.4, -0.2) is 47.2 Å². The van der Waals surface area contributed by atoms with Crippen LogP contribution >= 0.6 is 0 Å². The molecule has 0 radical (unpaired) electrons. The van der Waals surface area contributed by atoms with Gasteiger partial charge in [-0.15, -0.1) is 0 Å². The second kappa shape index (κ2) is 7.00. The Morgan fingerprint density at radius 1 is 1.46 bits per heavy atom. The largest absolute Gasteiger partial charge is 0.378 e. The zero-order chi connectivity index (χ0) is 17.1. The topological polar surface area (TPSA) is 72.3 Å². The fourth-order valence-electron chi connectivity index (χ4n) is 2.89. The maximum atomic E-state index is 12.5. The normalized spacial score (nSPS) is 20.6. The van der Waals surface area contributed by atoms with Crippen molar-refractivity contribution in [3.05, 3.63) is 42.2 Å². The molecule has 2 aromatic rings. The number of aryl methyl sites for hydroxylation is 1. The van der Waals surface area contributed by atoms with Gasteiger partial charge in [-0.3, -0.25) is 9.78 Å². The van der Waals surface area contributed by atoms with Crippen LogP contribution in [0.1, 0.15) is 35.1 Å². The van der Waals surface area contributed by atoms with Crippen LogP contribution in [0, 0.1) is 0 Å². The van der Waals surface area contributed by atoms with Crippen molar-refractivity contribution in [2.24, 2.45) is 7.05 Å². The summed E-state index contributed by atoms with van der Waals surface area (Å²) in [5.41, 5.74) is 2.42. The molecule has 2 aromatic heterocycles. The van der Waals surface area contributed by atoms with E-state index < -0.39 is 0 Å². The fraction of sp³-hybridized carbons (Fsp3) is 0.471. The van der Waals surface area contributed by atoms with Crippen LogP contribution in [0.4, 0.5) is 5.69 Å². The van der Waals surface area contributed by atoms with Crippen molar-refractivity contribution in [3.8, 4) is 0 Å². The molecule has 1 N–H and O–H groups in total. The number of ether oxygens (including phenoxy) is 1. The van der Waals surface area contributed by atoms with Crippen LogP contribution in [0.25, 0.3) is 0 Å². The van der Waals surface area contributed by atoms with E-state index in [4.69, 9.17) is 4.74 Å².